The molecule has 2 N–H and O–H groups in total. The lowest BCUT2D eigenvalue weighted by molar-refractivity contribution is -0.113. The predicted octanol–water partition coefficient (Wildman–Crippen LogP) is 4.74. The van der Waals surface area contributed by atoms with Crippen LogP contribution in [0.25, 0.3) is 6.08 Å². The van der Waals surface area contributed by atoms with Crippen LogP contribution in [0.4, 0.5) is 0 Å². The fraction of sp³-hybridized carbons (Fsp3) is 0.273. The molecular weight excluding hydrogens is 424 g/mol. The second kappa shape index (κ2) is 9.91. The summed E-state index contributed by atoms with van der Waals surface area (Å²) in [4.78, 5) is 16.0. The van der Waals surface area contributed by atoms with Crippen molar-refractivity contribution in [2.24, 2.45) is 10.7 Å². The molecule has 0 bridgehead atoms. The van der Waals surface area contributed by atoms with Gasteiger partial charge in [0, 0.05) is 0 Å². The Balaban J connectivity index is 1.70. The maximum Gasteiger partial charge on any atom is 0.286 e. The normalized spacial score (nSPS) is 14.7. The molecule has 0 radical (unpaired) electrons. The first kappa shape index (κ1) is 22.1. The van der Waals surface area contributed by atoms with Crippen LogP contribution in [0, 0.1) is 13.8 Å². The van der Waals surface area contributed by atoms with Gasteiger partial charge in [-0.15, -0.1) is 0 Å². The van der Waals surface area contributed by atoms with Crippen LogP contribution in [0.1, 0.15) is 23.6 Å². The first-order valence-corrected chi connectivity index (χ1v) is 10.6. The van der Waals surface area contributed by atoms with Crippen LogP contribution in [0.3, 0.4) is 0 Å². The number of thioether (sulfide) groups is 1. The van der Waals surface area contributed by atoms with Gasteiger partial charge in [0.1, 0.15) is 19.0 Å². The number of nitrogens with two attached hydrogens (primary N) is 1. The maximum absolute atomic E-state index is 11.8. The van der Waals surface area contributed by atoms with Gasteiger partial charge < -0.3 is 19.9 Å². The molecule has 0 aromatic heterocycles. The molecule has 1 aliphatic rings. The van der Waals surface area contributed by atoms with Crippen LogP contribution >= 0.6 is 23.4 Å². The van der Waals surface area contributed by atoms with E-state index in [1.54, 1.807) is 18.2 Å². The van der Waals surface area contributed by atoms with Gasteiger partial charge in [0.2, 0.25) is 0 Å². The van der Waals surface area contributed by atoms with Crippen molar-refractivity contribution in [3.8, 4) is 17.2 Å². The van der Waals surface area contributed by atoms with Crippen molar-refractivity contribution in [3.05, 3.63) is 56.9 Å². The molecule has 0 fully saturated rings. The highest BCUT2D eigenvalue weighted by molar-refractivity contribution is 8.18. The zero-order chi connectivity index (χ0) is 21.7. The largest absolute Gasteiger partial charge is 0.490 e. The molecule has 0 saturated carbocycles. The molecule has 0 aliphatic carbocycles. The van der Waals surface area contributed by atoms with E-state index in [1.807, 2.05) is 39.0 Å². The zero-order valence-corrected chi connectivity index (χ0v) is 18.6. The molecule has 158 valence electrons. The number of aliphatic imine (C=N–C) groups is 1. The van der Waals surface area contributed by atoms with Crippen molar-refractivity contribution in [1.29, 1.82) is 0 Å². The van der Waals surface area contributed by atoms with Crippen LogP contribution in [0.15, 0.2) is 40.2 Å². The first-order valence-electron chi connectivity index (χ1n) is 9.44. The van der Waals surface area contributed by atoms with Crippen LogP contribution in [-0.2, 0) is 4.79 Å². The van der Waals surface area contributed by atoms with Gasteiger partial charge in [-0.05, 0) is 73.5 Å². The molecule has 3 rings (SSSR count). The fourth-order valence-electron chi connectivity index (χ4n) is 2.81. The van der Waals surface area contributed by atoms with E-state index in [-0.39, 0.29) is 11.1 Å². The van der Waals surface area contributed by atoms with Crippen molar-refractivity contribution in [2.75, 3.05) is 19.8 Å². The molecule has 1 heterocycles. The highest BCUT2D eigenvalue weighted by Gasteiger charge is 2.20. The van der Waals surface area contributed by atoms with Crippen molar-refractivity contribution < 1.29 is 19.0 Å². The monoisotopic (exact) mass is 446 g/mol. The summed E-state index contributed by atoms with van der Waals surface area (Å²) in [5.74, 6) is 1.40. The van der Waals surface area contributed by atoms with Crippen molar-refractivity contribution in [1.82, 2.24) is 0 Å². The first-order chi connectivity index (χ1) is 14.4. The molecule has 2 aromatic rings. The van der Waals surface area contributed by atoms with E-state index in [2.05, 4.69) is 4.99 Å². The Hall–Kier alpha value is -2.64. The van der Waals surface area contributed by atoms with Gasteiger partial charge in [-0.1, -0.05) is 23.7 Å². The van der Waals surface area contributed by atoms with Crippen molar-refractivity contribution >= 4 is 40.5 Å². The topological polar surface area (TPSA) is 83.1 Å². The van der Waals surface area contributed by atoms with E-state index in [4.69, 9.17) is 31.5 Å². The highest BCUT2D eigenvalue weighted by Crippen LogP contribution is 2.38. The average Bonchev–Trinajstić information content (AvgIpc) is 3.00. The third-order valence-corrected chi connectivity index (χ3v) is 5.29. The lowest BCUT2D eigenvalue weighted by atomic mass is 10.1. The zero-order valence-electron chi connectivity index (χ0n) is 17.0. The predicted molar refractivity (Wildman–Crippen MR) is 122 cm³/mol. The number of nitrogens with zero attached hydrogens (tertiary/aromatic N) is 1. The summed E-state index contributed by atoms with van der Waals surface area (Å²) in [6, 6.07) is 9.54. The minimum absolute atomic E-state index is 0.228. The minimum atomic E-state index is -0.365. The Morgan fingerprint density at radius 1 is 1.10 bits per heavy atom. The number of carbonyl (C=O) groups is 1. The van der Waals surface area contributed by atoms with Crippen LogP contribution in [-0.4, -0.2) is 30.9 Å². The average molecular weight is 447 g/mol. The van der Waals surface area contributed by atoms with Gasteiger partial charge in [0.25, 0.3) is 5.91 Å². The number of aryl methyl sites for hydroxylation is 2. The van der Waals surface area contributed by atoms with Gasteiger partial charge in [-0.25, -0.2) is 0 Å². The third kappa shape index (κ3) is 5.49. The number of carbonyl (C=O) groups excluding carboxylic acids is 1. The molecule has 0 saturated heterocycles. The summed E-state index contributed by atoms with van der Waals surface area (Å²) < 4.78 is 17.4. The highest BCUT2D eigenvalue weighted by atomic mass is 35.5. The van der Waals surface area contributed by atoms with Crippen molar-refractivity contribution in [2.45, 2.75) is 20.8 Å². The van der Waals surface area contributed by atoms with Crippen molar-refractivity contribution in [3.63, 3.8) is 0 Å². The Labute approximate surface area is 185 Å². The molecule has 30 heavy (non-hydrogen) atoms. The van der Waals surface area contributed by atoms with E-state index in [1.165, 1.54) is 0 Å². The number of halogens is 1. The smallest absolute Gasteiger partial charge is 0.286 e. The second-order valence-electron chi connectivity index (χ2n) is 6.59. The lowest BCUT2D eigenvalue weighted by Crippen LogP contribution is -2.11. The van der Waals surface area contributed by atoms with Crippen LogP contribution < -0.4 is 19.9 Å². The number of ether oxygens (including phenoxy) is 3. The number of benzene rings is 2. The van der Waals surface area contributed by atoms with E-state index in [0.717, 1.165) is 28.6 Å². The Kier molecular flexibility index (Phi) is 7.29. The molecule has 2 aromatic carbocycles. The SMILES string of the molecule is CCOc1cc(C=C2SC(N)=NC2=O)cc(Cl)c1OCCOc1cc(C)ccc1C. The molecule has 1 aliphatic heterocycles. The van der Waals surface area contributed by atoms with E-state index >= 15 is 0 Å². The number of rotatable bonds is 8. The number of hydrogen-bond donors (Lipinski definition) is 1. The summed E-state index contributed by atoms with van der Waals surface area (Å²) in [6.07, 6.45) is 1.68. The summed E-state index contributed by atoms with van der Waals surface area (Å²) in [6.45, 7) is 6.99. The lowest BCUT2D eigenvalue weighted by Gasteiger charge is -2.15. The summed E-state index contributed by atoms with van der Waals surface area (Å²) in [5.41, 5.74) is 8.49. The van der Waals surface area contributed by atoms with Gasteiger partial charge in [0.15, 0.2) is 16.7 Å². The minimum Gasteiger partial charge on any atom is -0.490 e. The summed E-state index contributed by atoms with van der Waals surface area (Å²) >= 11 is 7.56. The van der Waals surface area contributed by atoms with Crippen LogP contribution in [0.2, 0.25) is 5.02 Å². The fourth-order valence-corrected chi connectivity index (χ4v) is 3.76. The van der Waals surface area contributed by atoms with Gasteiger partial charge in [0.05, 0.1) is 16.5 Å². The molecule has 8 heteroatoms. The molecular formula is C22H23ClN2O4S. The van der Waals surface area contributed by atoms with Gasteiger partial charge in [-0.3, -0.25) is 4.79 Å². The Morgan fingerprint density at radius 3 is 2.57 bits per heavy atom. The number of amides is 1. The Bertz CT molecular complexity index is 1020. The van der Waals surface area contributed by atoms with Gasteiger partial charge >= 0.3 is 0 Å². The molecule has 0 spiro atoms. The maximum atomic E-state index is 11.8. The standard InChI is InChI=1S/C22H23ClN2O4S/c1-4-27-18-11-15(12-19-21(26)25-22(24)30-19)10-16(23)20(18)29-8-7-28-17-9-13(2)5-6-14(17)3/h5-6,9-12H,4,7-8H2,1-3H3,(H2,24,25,26). The summed E-state index contributed by atoms with van der Waals surface area (Å²) in [7, 11) is 0. The number of amidine groups is 1. The Morgan fingerprint density at radius 2 is 1.87 bits per heavy atom. The molecule has 0 unspecified atom stereocenters. The molecule has 0 atom stereocenters. The van der Waals surface area contributed by atoms with E-state index < -0.39 is 0 Å². The van der Waals surface area contributed by atoms with E-state index in [9.17, 15) is 4.79 Å². The number of hydrogen-bond acceptors (Lipinski definition) is 6. The second-order valence-corrected chi connectivity index (χ2v) is 8.06. The van der Waals surface area contributed by atoms with E-state index in [0.29, 0.717) is 46.8 Å². The quantitative estimate of drug-likeness (QED) is 0.465. The molecule has 6 nitrogen and oxygen atoms in total. The molecule has 1 amide bonds. The third-order valence-electron chi connectivity index (χ3n) is 4.20. The summed E-state index contributed by atoms with van der Waals surface area (Å²) in [5, 5.41) is 0.607. The van der Waals surface area contributed by atoms with Gasteiger partial charge in [-0.2, -0.15) is 4.99 Å². The van der Waals surface area contributed by atoms with Crippen LogP contribution in [0.5, 0.6) is 17.2 Å².